The van der Waals surface area contributed by atoms with Crippen molar-refractivity contribution >= 4 is 28.9 Å². The Hall–Kier alpha value is -1.04. The number of aromatic nitrogens is 2. The zero-order chi connectivity index (χ0) is 12.8. The Balaban J connectivity index is 2.86. The van der Waals surface area contributed by atoms with Gasteiger partial charge in [0.15, 0.2) is 0 Å². The zero-order valence-corrected chi connectivity index (χ0v) is 10.9. The van der Waals surface area contributed by atoms with Crippen LogP contribution in [0.2, 0.25) is 5.02 Å². The minimum absolute atomic E-state index is 0.0778. The molecule has 0 atom stereocenters. The van der Waals surface area contributed by atoms with Crippen molar-refractivity contribution in [3.8, 4) is 0 Å². The van der Waals surface area contributed by atoms with E-state index in [2.05, 4.69) is 17.0 Å². The number of nitrogens with one attached hydrogen (secondary N) is 1. The number of anilines is 1. The quantitative estimate of drug-likeness (QED) is 0.860. The lowest BCUT2D eigenvalue weighted by molar-refractivity contribution is 0.182. The highest BCUT2D eigenvalue weighted by atomic mass is 35.5. The van der Waals surface area contributed by atoms with E-state index in [1.165, 1.54) is 10.9 Å². The van der Waals surface area contributed by atoms with Crippen LogP contribution < -0.4 is 10.9 Å². The van der Waals surface area contributed by atoms with E-state index < -0.39 is 0 Å². The minimum atomic E-state index is -0.367. The second kappa shape index (κ2) is 6.64. The molecule has 0 saturated carbocycles. The van der Waals surface area contributed by atoms with Crippen molar-refractivity contribution in [2.24, 2.45) is 0 Å². The van der Waals surface area contributed by atoms with Gasteiger partial charge in [-0.2, -0.15) is 5.10 Å². The minimum Gasteiger partial charge on any atom is -0.383 e. The molecule has 1 N–H and O–H groups in total. The number of hydrogen-bond donors (Lipinski definition) is 1. The van der Waals surface area contributed by atoms with Crippen LogP contribution in [0.1, 0.15) is 0 Å². The average Bonchev–Trinajstić information content (AvgIpc) is 2.29. The van der Waals surface area contributed by atoms with Crippen LogP contribution in [0.5, 0.6) is 0 Å². The third-order valence-corrected chi connectivity index (χ3v) is 2.46. The Bertz CT molecular complexity index is 459. The van der Waals surface area contributed by atoms with E-state index in [1.807, 2.05) is 0 Å². The number of rotatable bonds is 6. The largest absolute Gasteiger partial charge is 0.383 e. The van der Waals surface area contributed by atoms with Gasteiger partial charge in [-0.3, -0.25) is 4.79 Å². The lowest BCUT2D eigenvalue weighted by Gasteiger charge is -2.09. The van der Waals surface area contributed by atoms with E-state index in [1.54, 1.807) is 7.11 Å². The SMILES string of the molecule is C=C(Cl)CNc1cnn(CCOC)c(=O)c1Cl. The normalized spacial score (nSPS) is 10.3. The first-order chi connectivity index (χ1) is 8.06. The number of halogens is 2. The van der Waals surface area contributed by atoms with Gasteiger partial charge in [0, 0.05) is 12.1 Å². The van der Waals surface area contributed by atoms with Crippen molar-refractivity contribution in [3.05, 3.63) is 33.2 Å². The van der Waals surface area contributed by atoms with Crippen molar-refractivity contribution in [1.29, 1.82) is 0 Å². The molecule has 1 rings (SSSR count). The summed E-state index contributed by atoms with van der Waals surface area (Å²) in [6.45, 7) is 4.60. The number of methoxy groups -OCH3 is 1. The molecular formula is C10H13Cl2N3O2. The van der Waals surface area contributed by atoms with E-state index in [0.29, 0.717) is 30.4 Å². The third-order valence-electron chi connectivity index (χ3n) is 1.96. The maximum absolute atomic E-state index is 11.8. The molecule has 0 aromatic carbocycles. The van der Waals surface area contributed by atoms with E-state index in [0.717, 1.165) is 0 Å². The highest BCUT2D eigenvalue weighted by Gasteiger charge is 2.08. The predicted octanol–water partition coefficient (Wildman–Crippen LogP) is 1.71. The summed E-state index contributed by atoms with van der Waals surface area (Å²) in [5.41, 5.74) is 0.0704. The summed E-state index contributed by atoms with van der Waals surface area (Å²) >= 11 is 11.5. The molecule has 0 aliphatic heterocycles. The Morgan fingerprint density at radius 3 is 3.00 bits per heavy atom. The van der Waals surface area contributed by atoms with Gasteiger partial charge in [0.2, 0.25) is 0 Å². The van der Waals surface area contributed by atoms with E-state index in [4.69, 9.17) is 27.9 Å². The van der Waals surface area contributed by atoms with Crippen LogP contribution in [-0.4, -0.2) is 30.0 Å². The Morgan fingerprint density at radius 2 is 2.41 bits per heavy atom. The number of nitrogens with zero attached hydrogens (tertiary/aromatic N) is 2. The summed E-state index contributed by atoms with van der Waals surface area (Å²) in [4.78, 5) is 11.8. The molecule has 1 aromatic heterocycles. The van der Waals surface area contributed by atoms with Crippen molar-refractivity contribution in [2.75, 3.05) is 25.6 Å². The zero-order valence-electron chi connectivity index (χ0n) is 9.37. The predicted molar refractivity (Wildman–Crippen MR) is 68.9 cm³/mol. The number of hydrogen-bond acceptors (Lipinski definition) is 4. The second-order valence-electron chi connectivity index (χ2n) is 3.26. The average molecular weight is 278 g/mol. The van der Waals surface area contributed by atoms with Gasteiger partial charge < -0.3 is 10.1 Å². The molecule has 0 aliphatic carbocycles. The molecule has 0 unspecified atom stereocenters. The fourth-order valence-corrected chi connectivity index (χ4v) is 1.40. The Kier molecular flexibility index (Phi) is 5.47. The maximum Gasteiger partial charge on any atom is 0.287 e. The monoisotopic (exact) mass is 277 g/mol. The summed E-state index contributed by atoms with van der Waals surface area (Å²) in [5.74, 6) is 0. The molecule has 0 amide bonds. The van der Waals surface area contributed by atoms with Gasteiger partial charge in [-0.05, 0) is 0 Å². The molecule has 17 heavy (non-hydrogen) atoms. The summed E-state index contributed by atoms with van der Waals surface area (Å²) < 4.78 is 6.10. The van der Waals surface area contributed by atoms with Gasteiger partial charge in [-0.25, -0.2) is 4.68 Å². The van der Waals surface area contributed by atoms with Crippen LogP contribution in [0.15, 0.2) is 22.6 Å². The summed E-state index contributed by atoms with van der Waals surface area (Å²) in [6.07, 6.45) is 1.47. The van der Waals surface area contributed by atoms with E-state index >= 15 is 0 Å². The maximum atomic E-state index is 11.8. The molecule has 0 radical (unpaired) electrons. The molecule has 0 aliphatic rings. The van der Waals surface area contributed by atoms with Crippen molar-refractivity contribution in [1.82, 2.24) is 9.78 Å². The summed E-state index contributed by atoms with van der Waals surface area (Å²) in [7, 11) is 1.55. The standard InChI is InChI=1S/C10H13Cl2N3O2/c1-7(11)5-13-8-6-14-15(3-4-17-2)10(16)9(8)12/h6,13H,1,3-5H2,2H3. The highest BCUT2D eigenvalue weighted by molar-refractivity contribution is 6.33. The molecule has 0 saturated heterocycles. The fraction of sp³-hybridized carbons (Fsp3) is 0.400. The molecular weight excluding hydrogens is 265 g/mol. The molecule has 0 fully saturated rings. The van der Waals surface area contributed by atoms with Crippen LogP contribution in [0, 0.1) is 0 Å². The Labute approximate surface area is 109 Å². The van der Waals surface area contributed by atoms with Gasteiger partial charge >= 0.3 is 0 Å². The van der Waals surface area contributed by atoms with E-state index in [-0.39, 0.29) is 10.6 Å². The van der Waals surface area contributed by atoms with Crippen LogP contribution in [0.3, 0.4) is 0 Å². The van der Waals surface area contributed by atoms with Crippen LogP contribution in [0.25, 0.3) is 0 Å². The molecule has 1 aromatic rings. The van der Waals surface area contributed by atoms with Crippen molar-refractivity contribution < 1.29 is 4.74 Å². The molecule has 5 nitrogen and oxygen atoms in total. The lowest BCUT2D eigenvalue weighted by Crippen LogP contribution is -2.26. The van der Waals surface area contributed by atoms with Gasteiger partial charge in [0.1, 0.15) is 5.02 Å². The fourth-order valence-electron chi connectivity index (χ4n) is 1.12. The van der Waals surface area contributed by atoms with Crippen molar-refractivity contribution in [2.45, 2.75) is 6.54 Å². The van der Waals surface area contributed by atoms with E-state index in [9.17, 15) is 4.79 Å². The molecule has 1 heterocycles. The molecule has 0 bridgehead atoms. The summed E-state index contributed by atoms with van der Waals surface area (Å²) in [5, 5.41) is 7.32. The highest BCUT2D eigenvalue weighted by Crippen LogP contribution is 2.15. The van der Waals surface area contributed by atoms with Gasteiger partial charge in [0.25, 0.3) is 5.56 Å². The summed E-state index contributed by atoms with van der Waals surface area (Å²) in [6, 6.07) is 0. The molecule has 0 spiro atoms. The lowest BCUT2D eigenvalue weighted by atomic mass is 10.4. The van der Waals surface area contributed by atoms with Crippen LogP contribution in [0.4, 0.5) is 5.69 Å². The third kappa shape index (κ3) is 4.03. The smallest absolute Gasteiger partial charge is 0.287 e. The first-order valence-corrected chi connectivity index (χ1v) is 5.63. The van der Waals surface area contributed by atoms with Crippen molar-refractivity contribution in [3.63, 3.8) is 0 Å². The van der Waals surface area contributed by atoms with Gasteiger partial charge in [-0.1, -0.05) is 29.8 Å². The first kappa shape index (κ1) is 14.0. The number of ether oxygens (including phenoxy) is 1. The molecule has 7 heteroatoms. The second-order valence-corrected chi connectivity index (χ2v) is 4.18. The van der Waals surface area contributed by atoms with Crippen LogP contribution in [-0.2, 0) is 11.3 Å². The van der Waals surface area contributed by atoms with Crippen LogP contribution >= 0.6 is 23.2 Å². The van der Waals surface area contributed by atoms with Gasteiger partial charge in [0.05, 0.1) is 31.6 Å². The van der Waals surface area contributed by atoms with Gasteiger partial charge in [-0.15, -0.1) is 0 Å². The Morgan fingerprint density at radius 1 is 1.71 bits per heavy atom. The first-order valence-electron chi connectivity index (χ1n) is 4.88. The molecule has 94 valence electrons. The topological polar surface area (TPSA) is 56.1 Å².